The average Bonchev–Trinajstić information content (AvgIpc) is 3.14. The lowest BCUT2D eigenvalue weighted by atomic mass is 10.1. The third-order valence-corrected chi connectivity index (χ3v) is 6.39. The van der Waals surface area contributed by atoms with Crippen LogP contribution >= 0.6 is 11.3 Å². The Bertz CT molecular complexity index is 1150. The first-order valence-corrected chi connectivity index (χ1v) is 10.4. The van der Waals surface area contributed by atoms with Crippen LogP contribution in [0.2, 0.25) is 0 Å². The minimum Gasteiger partial charge on any atom is -0.347 e. The van der Waals surface area contributed by atoms with Gasteiger partial charge in [0.2, 0.25) is 6.41 Å². The molecule has 0 spiro atoms. The third-order valence-electron chi connectivity index (χ3n) is 5.29. The zero-order valence-electron chi connectivity index (χ0n) is 15.9. The Kier molecular flexibility index (Phi) is 4.55. The van der Waals surface area contributed by atoms with Crippen molar-refractivity contribution in [2.75, 3.05) is 23.3 Å². The molecular weight excluding hydrogens is 404 g/mol. The van der Waals surface area contributed by atoms with Crippen LogP contribution < -0.4 is 15.5 Å². The molecule has 4 amide bonds. The Morgan fingerprint density at radius 2 is 2.23 bits per heavy atom. The SMILES string of the molecule is O=CN1CCCC(NC(=O)c2sc3nccc4c3c2NC(=O)N4c2cccnc2)C1. The molecule has 5 rings (SSSR count). The molecule has 0 aliphatic carbocycles. The molecule has 2 aliphatic rings. The number of nitrogens with zero attached hydrogens (tertiary/aromatic N) is 4. The number of likely N-dealkylation sites (tertiary alicyclic amines) is 1. The van der Waals surface area contributed by atoms with E-state index in [9.17, 15) is 14.4 Å². The monoisotopic (exact) mass is 422 g/mol. The van der Waals surface area contributed by atoms with Gasteiger partial charge in [-0.25, -0.2) is 9.78 Å². The van der Waals surface area contributed by atoms with Crippen LogP contribution in [-0.2, 0) is 4.79 Å². The van der Waals surface area contributed by atoms with Gasteiger partial charge in [-0.3, -0.25) is 19.5 Å². The van der Waals surface area contributed by atoms with Gasteiger partial charge in [-0.1, -0.05) is 0 Å². The highest BCUT2D eigenvalue weighted by Crippen LogP contribution is 2.45. The molecule has 1 unspecified atom stereocenters. The lowest BCUT2D eigenvalue weighted by Gasteiger charge is -2.30. The van der Waals surface area contributed by atoms with Crippen LogP contribution in [-0.4, -0.2) is 52.3 Å². The predicted octanol–water partition coefficient (Wildman–Crippen LogP) is 2.73. The second-order valence-electron chi connectivity index (χ2n) is 7.21. The lowest BCUT2D eigenvalue weighted by Crippen LogP contribution is -2.47. The Hall–Kier alpha value is -3.53. The maximum absolute atomic E-state index is 13.0. The molecule has 2 aliphatic heterocycles. The lowest BCUT2D eigenvalue weighted by molar-refractivity contribution is -0.119. The molecule has 5 heterocycles. The maximum Gasteiger partial charge on any atom is 0.331 e. The van der Waals surface area contributed by atoms with E-state index in [2.05, 4.69) is 20.6 Å². The number of hydrogen-bond acceptors (Lipinski definition) is 6. The van der Waals surface area contributed by atoms with Gasteiger partial charge < -0.3 is 15.5 Å². The van der Waals surface area contributed by atoms with Crippen molar-refractivity contribution in [1.82, 2.24) is 20.2 Å². The Labute approximate surface area is 175 Å². The average molecular weight is 422 g/mol. The number of thiophene rings is 1. The Morgan fingerprint density at radius 1 is 1.33 bits per heavy atom. The molecule has 30 heavy (non-hydrogen) atoms. The highest BCUT2D eigenvalue weighted by molar-refractivity contribution is 7.21. The van der Waals surface area contributed by atoms with Crippen LogP contribution in [0.3, 0.4) is 0 Å². The number of urea groups is 1. The van der Waals surface area contributed by atoms with Gasteiger partial charge in [0, 0.05) is 31.5 Å². The maximum atomic E-state index is 13.0. The van der Waals surface area contributed by atoms with Crippen LogP contribution in [0.15, 0.2) is 36.8 Å². The molecule has 3 aromatic rings. The molecule has 3 aromatic heterocycles. The number of rotatable bonds is 4. The van der Waals surface area contributed by atoms with Gasteiger partial charge in [0.1, 0.15) is 9.71 Å². The quantitative estimate of drug-likeness (QED) is 0.629. The summed E-state index contributed by atoms with van der Waals surface area (Å²) in [6, 6.07) is 4.84. The minimum atomic E-state index is -0.361. The Balaban J connectivity index is 1.52. The first-order chi connectivity index (χ1) is 14.7. The van der Waals surface area contributed by atoms with Crippen LogP contribution in [0.4, 0.5) is 21.9 Å². The van der Waals surface area contributed by atoms with Crippen molar-refractivity contribution in [3.05, 3.63) is 41.7 Å². The van der Waals surface area contributed by atoms with Gasteiger partial charge in [0.15, 0.2) is 0 Å². The highest BCUT2D eigenvalue weighted by atomic mass is 32.1. The fourth-order valence-corrected chi connectivity index (χ4v) is 4.98. The number of pyridine rings is 2. The summed E-state index contributed by atoms with van der Waals surface area (Å²) in [5.41, 5.74) is 1.76. The second-order valence-corrected chi connectivity index (χ2v) is 8.21. The fraction of sp³-hybridized carbons (Fsp3) is 0.250. The first kappa shape index (κ1) is 18.5. The summed E-state index contributed by atoms with van der Waals surface area (Å²) < 4.78 is 0. The first-order valence-electron chi connectivity index (χ1n) is 9.58. The molecular formula is C20H18N6O3S. The smallest absolute Gasteiger partial charge is 0.331 e. The molecule has 0 radical (unpaired) electrons. The van der Waals surface area contributed by atoms with Gasteiger partial charge in [0.05, 0.1) is 28.6 Å². The number of aromatic nitrogens is 2. The molecule has 2 N–H and O–H groups in total. The van der Waals surface area contributed by atoms with Gasteiger partial charge in [-0.15, -0.1) is 11.3 Å². The topological polar surface area (TPSA) is 108 Å². The van der Waals surface area contributed by atoms with E-state index in [-0.39, 0.29) is 18.0 Å². The predicted molar refractivity (Wildman–Crippen MR) is 113 cm³/mol. The standard InChI is InChI=1S/C20H18N6O3S/c27-11-25-8-2-3-12(10-25)23-18(28)17-16-15-14(5-7-22-19(15)30-17)26(20(29)24-16)13-4-1-6-21-9-13/h1,4-7,9,11-12H,2-3,8,10H2,(H,23,28)(H,24,29). The summed E-state index contributed by atoms with van der Waals surface area (Å²) >= 11 is 1.24. The molecule has 0 bridgehead atoms. The summed E-state index contributed by atoms with van der Waals surface area (Å²) in [5.74, 6) is -0.271. The number of piperidine rings is 1. The molecule has 10 heteroatoms. The van der Waals surface area contributed by atoms with Gasteiger partial charge in [-0.05, 0) is 31.0 Å². The van der Waals surface area contributed by atoms with E-state index in [1.807, 2.05) is 0 Å². The summed E-state index contributed by atoms with van der Waals surface area (Å²) in [6.45, 7) is 1.19. The van der Waals surface area contributed by atoms with Crippen molar-refractivity contribution in [1.29, 1.82) is 0 Å². The van der Waals surface area contributed by atoms with Gasteiger partial charge in [-0.2, -0.15) is 0 Å². The van der Waals surface area contributed by atoms with E-state index in [1.54, 1.807) is 41.7 Å². The van der Waals surface area contributed by atoms with E-state index in [0.29, 0.717) is 39.9 Å². The minimum absolute atomic E-state index is 0.118. The van der Waals surface area contributed by atoms with Crippen molar-refractivity contribution >= 4 is 57.0 Å². The molecule has 152 valence electrons. The van der Waals surface area contributed by atoms with E-state index >= 15 is 0 Å². The Morgan fingerprint density at radius 3 is 3.03 bits per heavy atom. The molecule has 1 atom stereocenters. The van der Waals surface area contributed by atoms with Crippen molar-refractivity contribution < 1.29 is 14.4 Å². The van der Waals surface area contributed by atoms with Crippen molar-refractivity contribution in [2.45, 2.75) is 18.9 Å². The largest absolute Gasteiger partial charge is 0.347 e. The molecule has 1 saturated heterocycles. The van der Waals surface area contributed by atoms with Crippen LogP contribution in [0, 0.1) is 0 Å². The van der Waals surface area contributed by atoms with E-state index in [4.69, 9.17) is 0 Å². The van der Waals surface area contributed by atoms with E-state index in [0.717, 1.165) is 24.6 Å². The summed E-state index contributed by atoms with van der Waals surface area (Å²) in [7, 11) is 0. The zero-order valence-corrected chi connectivity index (χ0v) is 16.7. The van der Waals surface area contributed by atoms with Crippen LogP contribution in [0.1, 0.15) is 22.5 Å². The van der Waals surface area contributed by atoms with E-state index < -0.39 is 0 Å². The zero-order chi connectivity index (χ0) is 20.7. The van der Waals surface area contributed by atoms with Gasteiger partial charge >= 0.3 is 6.03 Å². The molecule has 1 fully saturated rings. The second kappa shape index (κ2) is 7.38. The normalized spacial score (nSPS) is 18.3. The number of carbonyl (C=O) groups is 3. The van der Waals surface area contributed by atoms with Crippen molar-refractivity contribution in [3.63, 3.8) is 0 Å². The third kappa shape index (κ3) is 3.05. The van der Waals surface area contributed by atoms with E-state index in [1.165, 1.54) is 16.2 Å². The van der Waals surface area contributed by atoms with Gasteiger partial charge in [0.25, 0.3) is 5.91 Å². The molecule has 0 aromatic carbocycles. The van der Waals surface area contributed by atoms with Crippen molar-refractivity contribution in [2.24, 2.45) is 0 Å². The van der Waals surface area contributed by atoms with Crippen LogP contribution in [0.25, 0.3) is 10.2 Å². The number of carbonyl (C=O) groups excluding carboxylic acids is 3. The van der Waals surface area contributed by atoms with Crippen molar-refractivity contribution in [3.8, 4) is 0 Å². The number of hydrogen-bond donors (Lipinski definition) is 2. The fourth-order valence-electron chi connectivity index (χ4n) is 3.96. The molecule has 0 saturated carbocycles. The summed E-state index contributed by atoms with van der Waals surface area (Å²) in [6.07, 6.45) is 7.34. The summed E-state index contributed by atoms with van der Waals surface area (Å²) in [4.78, 5) is 49.8. The number of nitrogens with one attached hydrogen (secondary N) is 2. The van der Waals surface area contributed by atoms with Crippen LogP contribution in [0.5, 0.6) is 0 Å². The highest BCUT2D eigenvalue weighted by Gasteiger charge is 2.33. The number of anilines is 3. The summed E-state index contributed by atoms with van der Waals surface area (Å²) in [5, 5.41) is 6.60. The number of amides is 4. The molecule has 9 nitrogen and oxygen atoms in total.